The van der Waals surface area contributed by atoms with Crippen molar-refractivity contribution in [3.05, 3.63) is 23.3 Å². The summed E-state index contributed by atoms with van der Waals surface area (Å²) in [6.45, 7) is 4.30. The van der Waals surface area contributed by atoms with Gasteiger partial charge in [0.15, 0.2) is 5.41 Å². The van der Waals surface area contributed by atoms with Gasteiger partial charge in [-0.3, -0.25) is 9.59 Å². The molecule has 0 aromatic rings. The Bertz CT molecular complexity index is 609. The van der Waals surface area contributed by atoms with Crippen molar-refractivity contribution in [2.24, 2.45) is 16.7 Å². The third kappa shape index (κ3) is 3.09. The highest BCUT2D eigenvalue weighted by molar-refractivity contribution is 6.01. The molecular weight excluding hydrogens is 312 g/mol. The molecule has 0 bridgehead atoms. The van der Waals surface area contributed by atoms with Crippen LogP contribution >= 0.6 is 0 Å². The van der Waals surface area contributed by atoms with Crippen LogP contribution in [0.15, 0.2) is 23.3 Å². The van der Waals surface area contributed by atoms with Crippen LogP contribution in [0.3, 0.4) is 0 Å². The van der Waals surface area contributed by atoms with Gasteiger partial charge in [0, 0.05) is 12.5 Å². The minimum absolute atomic E-state index is 0.0693. The van der Waals surface area contributed by atoms with Crippen molar-refractivity contribution in [2.75, 3.05) is 21.3 Å². The molecule has 0 aliphatic heterocycles. The van der Waals surface area contributed by atoms with Crippen LogP contribution in [0.2, 0.25) is 0 Å². The van der Waals surface area contributed by atoms with E-state index in [9.17, 15) is 14.4 Å². The minimum Gasteiger partial charge on any atom is -0.468 e. The van der Waals surface area contributed by atoms with Crippen LogP contribution in [-0.4, -0.2) is 39.2 Å². The molecule has 0 aromatic carbocycles. The van der Waals surface area contributed by atoms with Crippen LogP contribution in [-0.2, 0) is 28.6 Å². The zero-order valence-electron chi connectivity index (χ0n) is 14.8. The van der Waals surface area contributed by atoms with Gasteiger partial charge >= 0.3 is 17.9 Å². The summed E-state index contributed by atoms with van der Waals surface area (Å²) in [5.41, 5.74) is 0.344. The van der Waals surface area contributed by atoms with Crippen molar-refractivity contribution in [1.29, 1.82) is 0 Å². The van der Waals surface area contributed by atoms with Gasteiger partial charge in [-0.05, 0) is 35.3 Å². The van der Waals surface area contributed by atoms with Crippen LogP contribution in [0.5, 0.6) is 0 Å². The van der Waals surface area contributed by atoms with Gasteiger partial charge < -0.3 is 14.2 Å². The molecule has 0 saturated heterocycles. The van der Waals surface area contributed by atoms with E-state index >= 15 is 0 Å². The second kappa shape index (κ2) is 6.42. The standard InChI is InChI=1S/C18H24O6/c1-17(2)10-13(17)12-6-7-18(15(20)23-4,16(21)24-5)9-11(12)8-14(19)22-3/h6,8,13H,7,9-10H2,1-5H3/b11-8+. The fraction of sp³-hybridized carbons (Fsp3) is 0.611. The second-order valence-corrected chi connectivity index (χ2v) is 7.04. The number of carbonyl (C=O) groups excluding carboxylic acids is 3. The zero-order chi connectivity index (χ0) is 18.1. The normalized spacial score (nSPS) is 25.5. The maximum Gasteiger partial charge on any atom is 0.330 e. The molecule has 6 nitrogen and oxygen atoms in total. The number of allylic oxidation sites excluding steroid dienone is 3. The molecule has 2 aliphatic rings. The van der Waals surface area contributed by atoms with Crippen molar-refractivity contribution < 1.29 is 28.6 Å². The average molecular weight is 336 g/mol. The first-order chi connectivity index (χ1) is 11.2. The quantitative estimate of drug-likeness (QED) is 0.339. The van der Waals surface area contributed by atoms with E-state index in [0.717, 1.165) is 12.0 Å². The Labute approximate surface area is 141 Å². The van der Waals surface area contributed by atoms with Crippen molar-refractivity contribution in [3.63, 3.8) is 0 Å². The van der Waals surface area contributed by atoms with Crippen molar-refractivity contribution in [2.45, 2.75) is 33.1 Å². The number of hydrogen-bond donors (Lipinski definition) is 0. The maximum atomic E-state index is 12.3. The lowest BCUT2D eigenvalue weighted by Crippen LogP contribution is -2.43. The molecule has 1 fully saturated rings. The number of rotatable bonds is 4. The first kappa shape index (κ1) is 18.2. The molecule has 0 heterocycles. The summed E-state index contributed by atoms with van der Waals surface area (Å²) in [5, 5.41) is 0. The van der Waals surface area contributed by atoms with E-state index in [2.05, 4.69) is 13.8 Å². The topological polar surface area (TPSA) is 78.9 Å². The second-order valence-electron chi connectivity index (χ2n) is 7.04. The Morgan fingerprint density at radius 3 is 2.04 bits per heavy atom. The summed E-state index contributed by atoms with van der Waals surface area (Å²) in [6.07, 6.45) is 4.50. The van der Waals surface area contributed by atoms with Crippen LogP contribution in [0.1, 0.15) is 33.1 Å². The van der Waals surface area contributed by atoms with Gasteiger partial charge in [-0.1, -0.05) is 19.9 Å². The fourth-order valence-electron chi connectivity index (χ4n) is 3.40. The van der Waals surface area contributed by atoms with E-state index < -0.39 is 23.3 Å². The molecule has 0 aromatic heterocycles. The van der Waals surface area contributed by atoms with Gasteiger partial charge in [-0.2, -0.15) is 0 Å². The molecule has 132 valence electrons. The zero-order valence-corrected chi connectivity index (χ0v) is 14.8. The Kier molecular flexibility index (Phi) is 4.87. The average Bonchev–Trinajstić information content (AvgIpc) is 3.20. The fourth-order valence-corrected chi connectivity index (χ4v) is 3.40. The first-order valence-corrected chi connectivity index (χ1v) is 7.87. The summed E-state index contributed by atoms with van der Waals surface area (Å²) in [5.74, 6) is -1.52. The monoisotopic (exact) mass is 336 g/mol. The van der Waals surface area contributed by atoms with Gasteiger partial charge in [0.05, 0.1) is 21.3 Å². The Balaban J connectivity index is 2.47. The summed E-state index contributed by atoms with van der Waals surface area (Å²) in [6, 6.07) is 0. The van der Waals surface area contributed by atoms with Crippen LogP contribution in [0.4, 0.5) is 0 Å². The van der Waals surface area contributed by atoms with Gasteiger partial charge in [0.25, 0.3) is 0 Å². The molecule has 2 aliphatic carbocycles. The van der Waals surface area contributed by atoms with Crippen molar-refractivity contribution >= 4 is 17.9 Å². The third-order valence-electron chi connectivity index (χ3n) is 5.07. The molecule has 0 N–H and O–H groups in total. The molecule has 1 saturated carbocycles. The van der Waals surface area contributed by atoms with E-state index in [1.165, 1.54) is 27.4 Å². The molecule has 0 radical (unpaired) electrons. The molecule has 0 amide bonds. The summed E-state index contributed by atoms with van der Waals surface area (Å²) in [7, 11) is 3.76. The lowest BCUT2D eigenvalue weighted by atomic mass is 9.71. The molecule has 24 heavy (non-hydrogen) atoms. The van der Waals surface area contributed by atoms with Crippen LogP contribution < -0.4 is 0 Å². The lowest BCUT2D eigenvalue weighted by molar-refractivity contribution is -0.169. The number of esters is 3. The Hall–Kier alpha value is -2.11. The van der Waals surface area contributed by atoms with Crippen molar-refractivity contribution in [3.8, 4) is 0 Å². The Morgan fingerprint density at radius 1 is 1.08 bits per heavy atom. The van der Waals surface area contributed by atoms with E-state index in [1.54, 1.807) is 0 Å². The largest absolute Gasteiger partial charge is 0.468 e. The number of methoxy groups -OCH3 is 3. The maximum absolute atomic E-state index is 12.3. The smallest absolute Gasteiger partial charge is 0.330 e. The molecule has 0 spiro atoms. The molecule has 1 atom stereocenters. The van der Waals surface area contributed by atoms with Gasteiger partial charge in [0.2, 0.25) is 0 Å². The van der Waals surface area contributed by atoms with Crippen LogP contribution in [0, 0.1) is 16.7 Å². The van der Waals surface area contributed by atoms with Crippen molar-refractivity contribution in [1.82, 2.24) is 0 Å². The highest BCUT2D eigenvalue weighted by Gasteiger charge is 2.54. The minimum atomic E-state index is -1.45. The lowest BCUT2D eigenvalue weighted by Gasteiger charge is -2.33. The Morgan fingerprint density at radius 2 is 1.62 bits per heavy atom. The van der Waals surface area contributed by atoms with Gasteiger partial charge in [-0.25, -0.2) is 4.79 Å². The molecular formula is C18H24O6. The SMILES string of the molecule is COC(=O)/C=C1\CC(C(=O)OC)(C(=O)OC)CC=C1C1CC1(C)C. The summed E-state index contributed by atoms with van der Waals surface area (Å²) < 4.78 is 14.4. The van der Waals surface area contributed by atoms with E-state index in [0.29, 0.717) is 11.5 Å². The number of hydrogen-bond acceptors (Lipinski definition) is 6. The summed E-state index contributed by atoms with van der Waals surface area (Å²) >= 11 is 0. The summed E-state index contributed by atoms with van der Waals surface area (Å²) in [4.78, 5) is 36.4. The first-order valence-electron chi connectivity index (χ1n) is 7.87. The van der Waals surface area contributed by atoms with Gasteiger partial charge in [-0.15, -0.1) is 0 Å². The number of carbonyl (C=O) groups is 3. The highest BCUT2D eigenvalue weighted by Crippen LogP contribution is 2.59. The third-order valence-corrected chi connectivity index (χ3v) is 5.07. The predicted octanol–water partition coefficient (Wildman–Crippen LogP) is 2.18. The predicted molar refractivity (Wildman–Crippen MR) is 85.8 cm³/mol. The van der Waals surface area contributed by atoms with E-state index in [-0.39, 0.29) is 18.3 Å². The molecule has 2 rings (SSSR count). The molecule has 1 unspecified atom stereocenters. The van der Waals surface area contributed by atoms with E-state index in [4.69, 9.17) is 14.2 Å². The number of ether oxygens (including phenoxy) is 3. The molecule has 6 heteroatoms. The van der Waals surface area contributed by atoms with E-state index in [1.807, 2.05) is 6.08 Å². The van der Waals surface area contributed by atoms with Gasteiger partial charge in [0.1, 0.15) is 0 Å². The van der Waals surface area contributed by atoms with Crippen LogP contribution in [0.25, 0.3) is 0 Å². The highest BCUT2D eigenvalue weighted by atomic mass is 16.5.